The summed E-state index contributed by atoms with van der Waals surface area (Å²) in [5, 5.41) is 3.70. The van der Waals surface area contributed by atoms with E-state index in [1.807, 2.05) is 6.07 Å². The zero-order chi connectivity index (χ0) is 11.9. The van der Waals surface area contributed by atoms with Gasteiger partial charge in [0, 0.05) is 11.2 Å². The Balaban J connectivity index is 1.94. The number of benzene rings is 1. The predicted molar refractivity (Wildman–Crippen MR) is 68.9 cm³/mol. The zero-order valence-electron chi connectivity index (χ0n) is 10.4. The lowest BCUT2D eigenvalue weighted by molar-refractivity contribution is 0.281. The molecular weight excluding hydrogens is 213 g/mol. The van der Waals surface area contributed by atoms with Gasteiger partial charge in [-0.2, -0.15) is 0 Å². The van der Waals surface area contributed by atoms with Crippen molar-refractivity contribution in [2.75, 3.05) is 5.32 Å². The van der Waals surface area contributed by atoms with E-state index in [-0.39, 0.29) is 5.82 Å². The Labute approximate surface area is 102 Å². The maximum atomic E-state index is 13.3. The van der Waals surface area contributed by atoms with Gasteiger partial charge >= 0.3 is 0 Å². The lowest BCUT2D eigenvalue weighted by Gasteiger charge is -2.45. The molecule has 1 nitrogen and oxygen atoms in total. The van der Waals surface area contributed by atoms with E-state index < -0.39 is 0 Å². The van der Waals surface area contributed by atoms with Gasteiger partial charge in [-0.1, -0.05) is 26.2 Å². The van der Waals surface area contributed by atoms with Crippen LogP contribution in [0, 0.1) is 5.82 Å². The van der Waals surface area contributed by atoms with Gasteiger partial charge in [0.1, 0.15) is 5.82 Å². The van der Waals surface area contributed by atoms with Crippen LogP contribution in [0.1, 0.15) is 56.9 Å². The van der Waals surface area contributed by atoms with Crippen LogP contribution in [0.4, 0.5) is 10.1 Å². The third kappa shape index (κ3) is 1.94. The second-order valence-corrected chi connectivity index (χ2v) is 5.80. The number of fused-ring (bicyclic) bond motifs is 1. The molecule has 3 rings (SSSR count). The van der Waals surface area contributed by atoms with Crippen molar-refractivity contribution in [1.82, 2.24) is 0 Å². The molecule has 2 aliphatic rings. The summed E-state index contributed by atoms with van der Waals surface area (Å²) in [5.74, 6) is 0.358. The summed E-state index contributed by atoms with van der Waals surface area (Å²) in [7, 11) is 0. The summed E-state index contributed by atoms with van der Waals surface area (Å²) < 4.78 is 13.3. The molecule has 1 heterocycles. The van der Waals surface area contributed by atoms with Crippen molar-refractivity contribution >= 4 is 5.69 Å². The van der Waals surface area contributed by atoms with E-state index in [2.05, 4.69) is 12.2 Å². The summed E-state index contributed by atoms with van der Waals surface area (Å²) in [6.07, 6.45) is 7.73. The number of nitrogens with one attached hydrogen (secondary N) is 1. The van der Waals surface area contributed by atoms with Crippen molar-refractivity contribution in [3.63, 3.8) is 0 Å². The first kappa shape index (κ1) is 11.1. The van der Waals surface area contributed by atoms with Gasteiger partial charge in [0.2, 0.25) is 0 Å². The highest BCUT2D eigenvalue weighted by Crippen LogP contribution is 2.45. The summed E-state index contributed by atoms with van der Waals surface area (Å²) in [4.78, 5) is 0. The number of rotatable bonds is 0. The van der Waals surface area contributed by atoms with Gasteiger partial charge < -0.3 is 5.32 Å². The molecule has 92 valence electrons. The Bertz CT molecular complexity index is 421. The molecular formula is C15H20FN. The quantitative estimate of drug-likeness (QED) is 0.698. The highest BCUT2D eigenvalue weighted by atomic mass is 19.1. The Morgan fingerprint density at radius 2 is 2.00 bits per heavy atom. The third-order valence-corrected chi connectivity index (χ3v) is 4.45. The molecule has 0 saturated heterocycles. The smallest absolute Gasteiger partial charge is 0.123 e. The second-order valence-electron chi connectivity index (χ2n) is 5.80. The summed E-state index contributed by atoms with van der Waals surface area (Å²) in [6, 6.07) is 5.18. The van der Waals surface area contributed by atoms with E-state index in [1.54, 1.807) is 12.1 Å². The number of halogens is 1. The van der Waals surface area contributed by atoms with Crippen LogP contribution < -0.4 is 5.32 Å². The molecule has 1 N–H and O–H groups in total. The van der Waals surface area contributed by atoms with Crippen LogP contribution in [0.5, 0.6) is 0 Å². The van der Waals surface area contributed by atoms with Crippen molar-refractivity contribution in [3.05, 3.63) is 29.6 Å². The van der Waals surface area contributed by atoms with Crippen LogP contribution in [0.3, 0.4) is 0 Å². The summed E-state index contributed by atoms with van der Waals surface area (Å²) >= 11 is 0. The topological polar surface area (TPSA) is 12.0 Å². The highest BCUT2D eigenvalue weighted by Gasteiger charge is 2.37. The van der Waals surface area contributed by atoms with Crippen molar-refractivity contribution in [3.8, 4) is 0 Å². The predicted octanol–water partition coefficient (Wildman–Crippen LogP) is 4.45. The van der Waals surface area contributed by atoms with Crippen molar-refractivity contribution in [1.29, 1.82) is 0 Å². The molecule has 1 atom stereocenters. The Morgan fingerprint density at radius 3 is 2.76 bits per heavy atom. The standard InChI is InChI=1S/C15H20FN/c1-11-10-15(7-3-2-4-8-15)17-14-6-5-12(16)9-13(11)14/h5-6,9,11,17H,2-4,7-8,10H2,1H3. The van der Waals surface area contributed by atoms with Gasteiger partial charge in [-0.15, -0.1) is 0 Å². The van der Waals surface area contributed by atoms with Crippen LogP contribution in [-0.4, -0.2) is 5.54 Å². The first-order valence-corrected chi connectivity index (χ1v) is 6.76. The lowest BCUT2D eigenvalue weighted by Crippen LogP contribution is -2.44. The summed E-state index contributed by atoms with van der Waals surface area (Å²) in [6.45, 7) is 2.23. The average molecular weight is 233 g/mol. The normalized spacial score (nSPS) is 26.4. The number of anilines is 1. The molecule has 1 saturated carbocycles. The van der Waals surface area contributed by atoms with E-state index in [0.29, 0.717) is 11.5 Å². The van der Waals surface area contributed by atoms with Crippen LogP contribution >= 0.6 is 0 Å². The number of hydrogen-bond donors (Lipinski definition) is 1. The Kier molecular flexibility index (Phi) is 2.61. The fourth-order valence-corrected chi connectivity index (χ4v) is 3.65. The molecule has 0 bridgehead atoms. The van der Waals surface area contributed by atoms with E-state index in [0.717, 1.165) is 17.7 Å². The molecule has 2 heteroatoms. The van der Waals surface area contributed by atoms with Crippen molar-refractivity contribution < 1.29 is 4.39 Å². The van der Waals surface area contributed by atoms with Crippen LogP contribution in [0.2, 0.25) is 0 Å². The first-order valence-electron chi connectivity index (χ1n) is 6.76. The van der Waals surface area contributed by atoms with Crippen LogP contribution in [0.25, 0.3) is 0 Å². The summed E-state index contributed by atoms with van der Waals surface area (Å²) in [5.41, 5.74) is 2.61. The molecule has 1 aromatic carbocycles. The van der Waals surface area contributed by atoms with Crippen molar-refractivity contribution in [2.24, 2.45) is 0 Å². The molecule has 1 aliphatic carbocycles. The minimum atomic E-state index is -0.114. The lowest BCUT2D eigenvalue weighted by atomic mass is 9.72. The van der Waals surface area contributed by atoms with Gasteiger partial charge in [-0.25, -0.2) is 4.39 Å². The van der Waals surface area contributed by atoms with E-state index >= 15 is 0 Å². The molecule has 1 unspecified atom stereocenters. The monoisotopic (exact) mass is 233 g/mol. The van der Waals surface area contributed by atoms with Crippen LogP contribution in [0.15, 0.2) is 18.2 Å². The number of hydrogen-bond acceptors (Lipinski definition) is 1. The molecule has 0 amide bonds. The van der Waals surface area contributed by atoms with E-state index in [4.69, 9.17) is 0 Å². The minimum Gasteiger partial charge on any atom is -0.379 e. The van der Waals surface area contributed by atoms with Gasteiger partial charge in [-0.3, -0.25) is 0 Å². The van der Waals surface area contributed by atoms with Gasteiger partial charge in [-0.05, 0) is 48.9 Å². The SMILES string of the molecule is CC1CC2(CCCCC2)Nc2ccc(F)cc21. The fourth-order valence-electron chi connectivity index (χ4n) is 3.65. The first-order chi connectivity index (χ1) is 8.19. The molecule has 1 aromatic rings. The highest BCUT2D eigenvalue weighted by molar-refractivity contribution is 5.57. The van der Waals surface area contributed by atoms with Crippen molar-refractivity contribution in [2.45, 2.75) is 56.9 Å². The van der Waals surface area contributed by atoms with Gasteiger partial charge in [0.25, 0.3) is 0 Å². The second kappa shape index (κ2) is 4.01. The largest absolute Gasteiger partial charge is 0.379 e. The van der Waals surface area contributed by atoms with E-state index in [9.17, 15) is 4.39 Å². The zero-order valence-corrected chi connectivity index (χ0v) is 10.4. The molecule has 1 fully saturated rings. The molecule has 0 radical (unpaired) electrons. The maximum absolute atomic E-state index is 13.3. The van der Waals surface area contributed by atoms with E-state index in [1.165, 1.54) is 32.1 Å². The molecule has 17 heavy (non-hydrogen) atoms. The maximum Gasteiger partial charge on any atom is 0.123 e. The van der Waals surface area contributed by atoms with Gasteiger partial charge in [0.15, 0.2) is 0 Å². The Morgan fingerprint density at radius 1 is 1.24 bits per heavy atom. The Hall–Kier alpha value is -1.05. The van der Waals surface area contributed by atoms with Gasteiger partial charge in [0.05, 0.1) is 0 Å². The third-order valence-electron chi connectivity index (χ3n) is 4.45. The average Bonchev–Trinajstić information content (AvgIpc) is 2.31. The van der Waals surface area contributed by atoms with Crippen LogP contribution in [-0.2, 0) is 0 Å². The molecule has 0 aromatic heterocycles. The molecule has 1 aliphatic heterocycles. The fraction of sp³-hybridized carbons (Fsp3) is 0.600. The minimum absolute atomic E-state index is 0.114. The molecule has 1 spiro atoms.